The molecule has 0 saturated carbocycles. The number of hydrogen-bond acceptors (Lipinski definition) is 9. The number of ether oxygens (including phenoxy) is 4. The predicted octanol–water partition coefficient (Wildman–Crippen LogP) is 9.68. The zero-order valence-electron chi connectivity index (χ0n) is 31.2. The molecular weight excluding hydrogens is 780 g/mol. The van der Waals surface area contributed by atoms with Crippen molar-refractivity contribution in [1.82, 2.24) is 5.32 Å². The van der Waals surface area contributed by atoms with E-state index in [-0.39, 0.29) is 85.1 Å². The van der Waals surface area contributed by atoms with Gasteiger partial charge in [0.1, 0.15) is 10.8 Å². The minimum atomic E-state index is -1.79. The fraction of sp³-hybridized carbons (Fsp3) is 0.450. The van der Waals surface area contributed by atoms with Crippen molar-refractivity contribution in [3.05, 3.63) is 77.7 Å². The average Bonchev–Trinajstić information content (AvgIpc) is 3.35. The summed E-state index contributed by atoms with van der Waals surface area (Å²) in [6.45, 7) is 12.4. The summed E-state index contributed by atoms with van der Waals surface area (Å²) < 4.78 is 24.7. The maximum atomic E-state index is 13.8. The first-order valence-corrected chi connectivity index (χ1v) is 19.2. The third-order valence-corrected chi connectivity index (χ3v) is 10.5. The number of fused-ring (bicyclic) bond motifs is 6. The standard InChI is InChI=1S/C40H43Cl4NO9/c1-20-31-25(19-28(43)32(20)52-36(49)38(2,3)4)40(23-18-27(42)26(41)17-22(23)35(48)54-40)24-16-21(12-13-29(47)45-14-10-8-9-11-15-46)33(30(44)34(24)51-31)53-37(50)39(5,6)7/h16-19,46H,8-15H2,1-7H3,(H,45,47). The predicted molar refractivity (Wildman–Crippen MR) is 207 cm³/mol. The minimum Gasteiger partial charge on any atom is -0.454 e. The molecule has 1 unspecified atom stereocenters. The third-order valence-electron chi connectivity index (χ3n) is 9.18. The van der Waals surface area contributed by atoms with Crippen LogP contribution in [0.5, 0.6) is 23.0 Å². The molecule has 290 valence electrons. The van der Waals surface area contributed by atoms with Crippen LogP contribution < -0.4 is 19.5 Å². The summed E-state index contributed by atoms with van der Waals surface area (Å²) in [6.07, 6.45) is 3.24. The summed E-state index contributed by atoms with van der Waals surface area (Å²) in [4.78, 5) is 53.2. The first kappa shape index (κ1) is 41.6. The van der Waals surface area contributed by atoms with Crippen LogP contribution in [-0.4, -0.2) is 42.1 Å². The Morgan fingerprint density at radius 1 is 0.778 bits per heavy atom. The van der Waals surface area contributed by atoms with E-state index >= 15 is 0 Å². The Bertz CT molecular complexity index is 2030. The molecular formula is C40H43Cl4NO9. The van der Waals surface area contributed by atoms with Crippen LogP contribution in [0.25, 0.3) is 0 Å². The van der Waals surface area contributed by atoms with Gasteiger partial charge in [-0.2, -0.15) is 0 Å². The van der Waals surface area contributed by atoms with Gasteiger partial charge in [0, 0.05) is 41.8 Å². The van der Waals surface area contributed by atoms with Crippen LogP contribution in [0.4, 0.5) is 0 Å². The number of hydrogen-bond donors (Lipinski definition) is 2. The Kier molecular flexibility index (Phi) is 12.3. The van der Waals surface area contributed by atoms with Crippen molar-refractivity contribution in [2.75, 3.05) is 13.2 Å². The van der Waals surface area contributed by atoms with E-state index in [1.807, 2.05) is 0 Å². The third kappa shape index (κ3) is 8.05. The van der Waals surface area contributed by atoms with Crippen molar-refractivity contribution in [1.29, 1.82) is 0 Å². The Balaban J connectivity index is 1.71. The van der Waals surface area contributed by atoms with Crippen molar-refractivity contribution in [3.63, 3.8) is 0 Å². The number of nitrogens with one attached hydrogen (secondary N) is 1. The van der Waals surface area contributed by atoms with Crippen LogP contribution in [0.3, 0.4) is 0 Å². The number of esters is 3. The SMILES string of the molecule is Cc1c(OC(=O)C(C)(C)C)c(Cl)cc2c1Oc1c(cc(CCC(=O)NCCCCCCO)c(OC(=O)C(C)(C)C)c1Cl)C21OC(=O)c2cc(Cl)c(Cl)cc21. The molecule has 5 rings (SSSR count). The fourth-order valence-electron chi connectivity index (χ4n) is 6.13. The minimum absolute atomic E-state index is 0.00151. The lowest BCUT2D eigenvalue weighted by Crippen LogP contribution is -2.34. The quantitative estimate of drug-likeness (QED) is 0.110. The Hall–Kier alpha value is -3.54. The van der Waals surface area contributed by atoms with Crippen LogP contribution in [0.1, 0.15) is 112 Å². The highest BCUT2D eigenvalue weighted by molar-refractivity contribution is 6.42. The Morgan fingerprint density at radius 2 is 1.35 bits per heavy atom. The van der Waals surface area contributed by atoms with Crippen LogP contribution >= 0.6 is 46.4 Å². The van der Waals surface area contributed by atoms with Gasteiger partial charge in [-0.15, -0.1) is 0 Å². The second-order valence-corrected chi connectivity index (χ2v) is 17.1. The van der Waals surface area contributed by atoms with Crippen LogP contribution in [0.15, 0.2) is 24.3 Å². The molecule has 1 atom stereocenters. The largest absolute Gasteiger partial charge is 0.454 e. The molecule has 2 aliphatic heterocycles. The molecule has 14 heteroatoms. The molecule has 2 heterocycles. The van der Waals surface area contributed by atoms with Crippen molar-refractivity contribution in [3.8, 4) is 23.0 Å². The zero-order chi connectivity index (χ0) is 39.9. The number of halogens is 4. The lowest BCUT2D eigenvalue weighted by Gasteiger charge is -2.38. The maximum Gasteiger partial charge on any atom is 0.340 e. The lowest BCUT2D eigenvalue weighted by atomic mass is 9.76. The van der Waals surface area contributed by atoms with E-state index in [0.29, 0.717) is 29.7 Å². The summed E-state index contributed by atoms with van der Waals surface area (Å²) in [6, 6.07) is 6.07. The zero-order valence-corrected chi connectivity index (χ0v) is 34.2. The monoisotopic (exact) mass is 821 g/mol. The number of amides is 1. The number of benzene rings is 3. The molecule has 0 fully saturated rings. The fourth-order valence-corrected chi connectivity index (χ4v) is 7.05. The summed E-state index contributed by atoms with van der Waals surface area (Å²) in [5.74, 6) is -2.01. The molecule has 2 N–H and O–H groups in total. The van der Waals surface area contributed by atoms with Crippen LogP contribution in [0.2, 0.25) is 20.1 Å². The molecule has 1 amide bonds. The number of aryl methyl sites for hydroxylation is 1. The number of unbranched alkanes of at least 4 members (excludes halogenated alkanes) is 3. The van der Waals surface area contributed by atoms with Gasteiger partial charge in [-0.1, -0.05) is 59.2 Å². The summed E-state index contributed by atoms with van der Waals surface area (Å²) in [5.41, 5.74) is -1.98. The van der Waals surface area contributed by atoms with E-state index in [4.69, 9.17) is 70.5 Å². The molecule has 3 aromatic carbocycles. The molecule has 0 aliphatic carbocycles. The molecule has 0 bridgehead atoms. The lowest BCUT2D eigenvalue weighted by molar-refractivity contribution is -0.143. The highest BCUT2D eigenvalue weighted by Gasteiger charge is 2.56. The van der Waals surface area contributed by atoms with E-state index in [1.54, 1.807) is 54.5 Å². The van der Waals surface area contributed by atoms with Gasteiger partial charge in [0.2, 0.25) is 5.91 Å². The molecule has 0 radical (unpaired) electrons. The van der Waals surface area contributed by atoms with E-state index < -0.39 is 34.3 Å². The average molecular weight is 824 g/mol. The molecule has 54 heavy (non-hydrogen) atoms. The molecule has 3 aromatic rings. The van der Waals surface area contributed by atoms with Gasteiger partial charge in [-0.3, -0.25) is 14.4 Å². The second-order valence-electron chi connectivity index (χ2n) is 15.5. The van der Waals surface area contributed by atoms with Gasteiger partial charge >= 0.3 is 17.9 Å². The van der Waals surface area contributed by atoms with Gasteiger partial charge in [0.05, 0.1) is 31.5 Å². The number of aliphatic hydroxyl groups is 1. The van der Waals surface area contributed by atoms with E-state index in [0.717, 1.165) is 19.3 Å². The Labute approximate surface area is 334 Å². The van der Waals surface area contributed by atoms with Gasteiger partial charge in [0.25, 0.3) is 0 Å². The summed E-state index contributed by atoms with van der Waals surface area (Å²) in [5, 5.41) is 12.1. The smallest absolute Gasteiger partial charge is 0.340 e. The molecule has 10 nitrogen and oxygen atoms in total. The van der Waals surface area contributed by atoms with Crippen LogP contribution in [-0.2, 0) is 31.1 Å². The molecule has 1 spiro atoms. The highest BCUT2D eigenvalue weighted by atomic mass is 35.5. The first-order chi connectivity index (χ1) is 25.2. The van der Waals surface area contributed by atoms with Crippen molar-refractivity contribution >= 4 is 70.2 Å². The number of carbonyl (C=O) groups excluding carboxylic acids is 4. The van der Waals surface area contributed by atoms with Crippen molar-refractivity contribution < 1.29 is 43.2 Å². The number of aliphatic hydroxyl groups excluding tert-OH is 1. The normalized spacial score (nSPS) is 15.9. The topological polar surface area (TPSA) is 137 Å². The molecule has 0 aromatic heterocycles. The van der Waals surface area contributed by atoms with E-state index in [1.165, 1.54) is 18.2 Å². The molecule has 2 aliphatic rings. The summed E-state index contributed by atoms with van der Waals surface area (Å²) >= 11 is 27.0. The van der Waals surface area contributed by atoms with E-state index in [9.17, 15) is 19.2 Å². The van der Waals surface area contributed by atoms with Crippen molar-refractivity contribution in [2.24, 2.45) is 10.8 Å². The number of rotatable bonds is 11. The van der Waals surface area contributed by atoms with Gasteiger partial charge in [0.15, 0.2) is 22.8 Å². The van der Waals surface area contributed by atoms with Gasteiger partial charge in [-0.25, -0.2) is 4.79 Å². The molecule has 0 saturated heterocycles. The summed E-state index contributed by atoms with van der Waals surface area (Å²) in [7, 11) is 0. The second kappa shape index (κ2) is 15.9. The van der Waals surface area contributed by atoms with Gasteiger partial charge < -0.3 is 29.4 Å². The van der Waals surface area contributed by atoms with Gasteiger partial charge in [-0.05, 0) is 97.6 Å². The van der Waals surface area contributed by atoms with Crippen LogP contribution in [0, 0.1) is 17.8 Å². The highest BCUT2D eigenvalue weighted by Crippen LogP contribution is 2.62. The number of carbonyl (C=O) groups is 4. The Morgan fingerprint density at radius 3 is 1.98 bits per heavy atom. The maximum absolute atomic E-state index is 13.8. The van der Waals surface area contributed by atoms with E-state index in [2.05, 4.69) is 5.32 Å². The first-order valence-electron chi connectivity index (χ1n) is 17.6. The van der Waals surface area contributed by atoms with Crippen molar-refractivity contribution in [2.45, 2.75) is 92.6 Å².